The van der Waals surface area contributed by atoms with E-state index in [0.717, 1.165) is 25.9 Å². The van der Waals surface area contributed by atoms with Crippen molar-refractivity contribution < 1.29 is 0 Å². The van der Waals surface area contributed by atoms with Gasteiger partial charge in [-0.2, -0.15) is 0 Å². The van der Waals surface area contributed by atoms with E-state index in [9.17, 15) is 0 Å². The predicted octanol–water partition coefficient (Wildman–Crippen LogP) is 4.73. The van der Waals surface area contributed by atoms with E-state index in [1.54, 1.807) is 5.57 Å². The molecule has 0 atom stereocenters. The third-order valence-electron chi connectivity index (χ3n) is 4.85. The molecule has 0 bridgehead atoms. The Morgan fingerprint density at radius 3 is 2.36 bits per heavy atom. The maximum atomic E-state index is 3.64. The Hall–Kier alpha value is -1.38. The third kappa shape index (κ3) is 2.55. The Morgan fingerprint density at radius 2 is 1.50 bits per heavy atom. The molecule has 0 spiro atoms. The molecule has 0 amide bonds. The van der Waals surface area contributed by atoms with E-state index in [1.165, 1.54) is 45.1 Å². The lowest BCUT2D eigenvalue weighted by Gasteiger charge is -2.22. The molecular weight excluding hydrogens is 334 g/mol. The molecule has 1 aliphatic heterocycles. The van der Waals surface area contributed by atoms with Gasteiger partial charge in [-0.05, 0) is 78.7 Å². The highest BCUT2D eigenvalue weighted by Crippen LogP contribution is 2.38. The molecule has 1 fully saturated rings. The van der Waals surface area contributed by atoms with Crippen LogP contribution in [0.4, 0.5) is 0 Å². The Kier molecular flexibility index (Phi) is 3.89. The molecule has 2 aliphatic rings. The largest absolute Gasteiger partial charge is 0.316 e. The lowest BCUT2D eigenvalue weighted by Crippen LogP contribution is -2.24. The van der Waals surface area contributed by atoms with Gasteiger partial charge in [0.05, 0.1) is 0 Å². The van der Waals surface area contributed by atoms with E-state index in [4.69, 9.17) is 0 Å². The van der Waals surface area contributed by atoms with Gasteiger partial charge < -0.3 is 5.32 Å². The van der Waals surface area contributed by atoms with Crippen molar-refractivity contribution in [1.82, 2.24) is 5.32 Å². The van der Waals surface area contributed by atoms with E-state index in [1.807, 2.05) is 0 Å². The van der Waals surface area contributed by atoms with Gasteiger partial charge in [0.1, 0.15) is 0 Å². The molecule has 0 unspecified atom stereocenters. The monoisotopic (exact) mass is 353 g/mol. The third-order valence-corrected chi connectivity index (χ3v) is 5.34. The average molecular weight is 354 g/mol. The topological polar surface area (TPSA) is 12.0 Å². The minimum Gasteiger partial charge on any atom is -0.316 e. The van der Waals surface area contributed by atoms with Crippen molar-refractivity contribution in [1.29, 1.82) is 0 Å². The predicted molar refractivity (Wildman–Crippen MR) is 96.1 cm³/mol. The summed E-state index contributed by atoms with van der Waals surface area (Å²) in [7, 11) is 0. The van der Waals surface area contributed by atoms with Crippen LogP contribution in [0.1, 0.15) is 35.1 Å². The van der Waals surface area contributed by atoms with E-state index in [-0.39, 0.29) is 0 Å². The normalized spacial score (nSPS) is 17.7. The van der Waals surface area contributed by atoms with Crippen molar-refractivity contribution in [2.45, 2.75) is 25.7 Å². The van der Waals surface area contributed by atoms with Crippen molar-refractivity contribution in [3.63, 3.8) is 0 Å². The van der Waals surface area contributed by atoms with Crippen molar-refractivity contribution in [2.75, 3.05) is 13.1 Å². The number of hydrogen-bond donors (Lipinski definition) is 1. The van der Waals surface area contributed by atoms with Gasteiger partial charge in [0.2, 0.25) is 0 Å². The summed E-state index contributed by atoms with van der Waals surface area (Å²) >= 11 is 3.64. The van der Waals surface area contributed by atoms with Crippen LogP contribution < -0.4 is 5.32 Å². The fourth-order valence-electron chi connectivity index (χ4n) is 3.77. The minimum absolute atomic E-state index is 1.10. The number of aryl methyl sites for hydroxylation is 2. The lowest BCUT2D eigenvalue weighted by atomic mass is 9.86. The van der Waals surface area contributed by atoms with Gasteiger partial charge in [0.25, 0.3) is 0 Å². The number of rotatable bonds is 0. The summed E-state index contributed by atoms with van der Waals surface area (Å²) in [6.07, 6.45) is 4.59. The summed E-state index contributed by atoms with van der Waals surface area (Å²) in [5.74, 6) is 0. The van der Waals surface area contributed by atoms with E-state index >= 15 is 0 Å². The molecule has 1 heterocycles. The second-order valence-corrected chi connectivity index (χ2v) is 7.10. The molecule has 1 aliphatic carbocycles. The molecule has 1 saturated heterocycles. The first-order chi connectivity index (χ1) is 10.8. The standard InChI is InChI=1S/C20H20BrN/c21-17-7-8-19-16(13-17)6-5-14-3-1-2-4-18(14)20(19)15-9-11-22-12-10-15/h1-4,7-8,13,22H,5-6,9-12H2. The van der Waals surface area contributed by atoms with Crippen LogP contribution in [0, 0.1) is 0 Å². The first kappa shape index (κ1) is 14.2. The summed E-state index contributed by atoms with van der Waals surface area (Å²) in [6.45, 7) is 2.21. The fourth-order valence-corrected chi connectivity index (χ4v) is 4.18. The number of nitrogens with one attached hydrogen (secondary N) is 1. The molecule has 0 aromatic heterocycles. The Labute approximate surface area is 140 Å². The Morgan fingerprint density at radius 1 is 0.773 bits per heavy atom. The summed E-state index contributed by atoms with van der Waals surface area (Å²) in [5, 5.41) is 3.48. The van der Waals surface area contributed by atoms with Gasteiger partial charge in [-0.1, -0.05) is 51.8 Å². The summed E-state index contributed by atoms with van der Waals surface area (Å²) in [5.41, 5.74) is 9.02. The number of benzene rings is 2. The maximum absolute atomic E-state index is 3.64. The zero-order chi connectivity index (χ0) is 14.9. The number of piperidine rings is 1. The quantitative estimate of drug-likeness (QED) is 0.721. The van der Waals surface area contributed by atoms with Gasteiger partial charge in [-0.15, -0.1) is 0 Å². The zero-order valence-corrected chi connectivity index (χ0v) is 14.2. The van der Waals surface area contributed by atoms with Crippen LogP contribution >= 0.6 is 15.9 Å². The van der Waals surface area contributed by atoms with E-state index in [0.29, 0.717) is 0 Å². The fraction of sp³-hybridized carbons (Fsp3) is 0.300. The average Bonchev–Trinajstić information content (AvgIpc) is 2.72. The van der Waals surface area contributed by atoms with Gasteiger partial charge >= 0.3 is 0 Å². The van der Waals surface area contributed by atoms with Crippen LogP contribution in [-0.2, 0) is 12.8 Å². The molecule has 0 radical (unpaired) electrons. The van der Waals surface area contributed by atoms with Gasteiger partial charge in [0, 0.05) is 4.47 Å². The van der Waals surface area contributed by atoms with Crippen LogP contribution in [0.3, 0.4) is 0 Å². The molecule has 0 saturated carbocycles. The highest BCUT2D eigenvalue weighted by molar-refractivity contribution is 9.10. The lowest BCUT2D eigenvalue weighted by molar-refractivity contribution is 0.611. The van der Waals surface area contributed by atoms with Crippen LogP contribution in [0.25, 0.3) is 5.57 Å². The smallest absolute Gasteiger partial charge is 0.0178 e. The SMILES string of the molecule is Brc1ccc2c(c1)CCc1ccccc1C2=C1CCNCC1. The Balaban J connectivity index is 1.98. The first-order valence-corrected chi connectivity index (χ1v) is 8.92. The first-order valence-electron chi connectivity index (χ1n) is 8.13. The van der Waals surface area contributed by atoms with E-state index in [2.05, 4.69) is 63.7 Å². The highest BCUT2D eigenvalue weighted by Gasteiger charge is 2.22. The van der Waals surface area contributed by atoms with Crippen molar-refractivity contribution in [3.8, 4) is 0 Å². The van der Waals surface area contributed by atoms with Crippen LogP contribution in [0.15, 0.2) is 52.5 Å². The van der Waals surface area contributed by atoms with Gasteiger partial charge in [-0.3, -0.25) is 0 Å². The second kappa shape index (κ2) is 6.02. The summed E-state index contributed by atoms with van der Waals surface area (Å²) < 4.78 is 1.19. The molecule has 22 heavy (non-hydrogen) atoms. The van der Waals surface area contributed by atoms with Crippen molar-refractivity contribution >= 4 is 21.5 Å². The summed E-state index contributed by atoms with van der Waals surface area (Å²) in [4.78, 5) is 0. The van der Waals surface area contributed by atoms with Crippen molar-refractivity contribution in [3.05, 3.63) is 74.8 Å². The Bertz CT molecular complexity index is 737. The zero-order valence-electron chi connectivity index (χ0n) is 12.7. The second-order valence-electron chi connectivity index (χ2n) is 6.19. The summed E-state index contributed by atoms with van der Waals surface area (Å²) in [6, 6.07) is 15.8. The van der Waals surface area contributed by atoms with Crippen LogP contribution in [0.5, 0.6) is 0 Å². The highest BCUT2D eigenvalue weighted by atomic mass is 79.9. The molecule has 2 aromatic rings. The van der Waals surface area contributed by atoms with Crippen LogP contribution in [-0.4, -0.2) is 13.1 Å². The number of halogens is 1. The number of hydrogen-bond acceptors (Lipinski definition) is 1. The van der Waals surface area contributed by atoms with Crippen LogP contribution in [0.2, 0.25) is 0 Å². The molecule has 4 rings (SSSR count). The van der Waals surface area contributed by atoms with Crippen molar-refractivity contribution in [2.24, 2.45) is 0 Å². The maximum Gasteiger partial charge on any atom is 0.0178 e. The van der Waals surface area contributed by atoms with E-state index < -0.39 is 0 Å². The molecule has 2 aromatic carbocycles. The molecule has 1 nitrogen and oxygen atoms in total. The molecular formula is C20H20BrN. The van der Waals surface area contributed by atoms with Gasteiger partial charge in [0.15, 0.2) is 0 Å². The van der Waals surface area contributed by atoms with Gasteiger partial charge in [-0.25, -0.2) is 0 Å². The molecule has 112 valence electrons. The number of fused-ring (bicyclic) bond motifs is 2. The molecule has 2 heteroatoms. The molecule has 1 N–H and O–H groups in total. The minimum atomic E-state index is 1.10.